The van der Waals surface area contributed by atoms with Crippen molar-refractivity contribution < 1.29 is 14.3 Å². The van der Waals surface area contributed by atoms with E-state index in [-0.39, 0.29) is 5.78 Å². The summed E-state index contributed by atoms with van der Waals surface area (Å²) < 4.78 is 4.79. The highest BCUT2D eigenvalue weighted by Gasteiger charge is 2.03. The molecule has 0 amide bonds. The van der Waals surface area contributed by atoms with Crippen molar-refractivity contribution >= 4 is 11.8 Å². The lowest BCUT2D eigenvalue weighted by atomic mass is 10.0. The molecule has 0 aromatic heterocycles. The number of hydrogen-bond acceptors (Lipinski definition) is 3. The molecule has 0 atom stereocenters. The summed E-state index contributed by atoms with van der Waals surface area (Å²) in [6.07, 6.45) is 7.00. The van der Waals surface area contributed by atoms with Crippen molar-refractivity contribution in [1.82, 2.24) is 0 Å². The standard InChI is InChI=1S/C14H18O2.C14H12O.C2H4/c1-6-8-11(3)12(4)9-10-13(5)14(15)16-7-2;1-11(15)12-7-9-14(10-8-12)13-5-3-2-4-6-13;1-2/h6,8-10H,3-5,7H2,1-2H3;2-10H,1H3;1-2H2/b8-6-,10-9-;;. The molecule has 0 spiro atoms. The fourth-order valence-electron chi connectivity index (χ4n) is 2.44. The van der Waals surface area contributed by atoms with Gasteiger partial charge in [0.15, 0.2) is 5.78 Å². The van der Waals surface area contributed by atoms with Crippen molar-refractivity contribution in [2.45, 2.75) is 20.8 Å². The van der Waals surface area contributed by atoms with Gasteiger partial charge in [0.1, 0.15) is 0 Å². The van der Waals surface area contributed by atoms with E-state index in [1.165, 1.54) is 5.56 Å². The van der Waals surface area contributed by atoms with Gasteiger partial charge in [-0.25, -0.2) is 4.79 Å². The Hall–Kier alpha value is -3.98. The normalized spacial score (nSPS) is 9.79. The van der Waals surface area contributed by atoms with Crippen LogP contribution in [0.15, 0.2) is 129 Å². The minimum absolute atomic E-state index is 0.106. The van der Waals surface area contributed by atoms with Crippen molar-refractivity contribution in [3.8, 4) is 11.1 Å². The molecule has 0 aliphatic heterocycles. The van der Waals surface area contributed by atoms with E-state index in [9.17, 15) is 9.59 Å². The summed E-state index contributed by atoms with van der Waals surface area (Å²) in [5, 5.41) is 0. The highest BCUT2D eigenvalue weighted by Crippen LogP contribution is 2.19. The van der Waals surface area contributed by atoms with Gasteiger partial charge in [-0.05, 0) is 49.1 Å². The number of ether oxygens (including phenoxy) is 1. The smallest absolute Gasteiger partial charge is 0.337 e. The Balaban J connectivity index is 0.000000577. The number of hydrogen-bond donors (Lipinski definition) is 0. The van der Waals surface area contributed by atoms with Crippen LogP contribution >= 0.6 is 0 Å². The van der Waals surface area contributed by atoms with Crippen molar-refractivity contribution in [3.63, 3.8) is 0 Å². The van der Waals surface area contributed by atoms with Crippen molar-refractivity contribution in [2.75, 3.05) is 6.61 Å². The van der Waals surface area contributed by atoms with Crippen LogP contribution in [0.25, 0.3) is 11.1 Å². The van der Waals surface area contributed by atoms with Crippen LogP contribution in [-0.4, -0.2) is 18.4 Å². The third kappa shape index (κ3) is 11.3. The molecule has 2 aromatic rings. The van der Waals surface area contributed by atoms with Gasteiger partial charge >= 0.3 is 5.97 Å². The molecule has 33 heavy (non-hydrogen) atoms. The van der Waals surface area contributed by atoms with Gasteiger partial charge in [-0.1, -0.05) is 92.6 Å². The van der Waals surface area contributed by atoms with E-state index in [0.29, 0.717) is 12.2 Å². The molecule has 2 aromatic carbocycles. The average Bonchev–Trinajstić information content (AvgIpc) is 2.84. The molecule has 0 unspecified atom stereocenters. The quantitative estimate of drug-likeness (QED) is 0.138. The molecule has 0 saturated heterocycles. The third-order valence-corrected chi connectivity index (χ3v) is 4.20. The number of rotatable bonds is 8. The second-order valence-corrected chi connectivity index (χ2v) is 6.63. The number of carbonyl (C=O) groups is 2. The van der Waals surface area contributed by atoms with Gasteiger partial charge in [0.25, 0.3) is 0 Å². The van der Waals surface area contributed by atoms with Gasteiger partial charge in [0.2, 0.25) is 0 Å². The first-order valence-corrected chi connectivity index (χ1v) is 10.5. The fraction of sp³-hybridized carbons (Fsp3) is 0.133. The van der Waals surface area contributed by atoms with E-state index < -0.39 is 5.97 Å². The van der Waals surface area contributed by atoms with E-state index >= 15 is 0 Å². The number of ketones is 1. The van der Waals surface area contributed by atoms with Crippen molar-refractivity contribution in [3.05, 3.63) is 134 Å². The molecule has 2 rings (SSSR count). The van der Waals surface area contributed by atoms with Gasteiger partial charge in [-0.15, -0.1) is 13.2 Å². The minimum Gasteiger partial charge on any atom is -0.462 e. The zero-order valence-corrected chi connectivity index (χ0v) is 20.0. The Kier molecular flexibility index (Phi) is 14.7. The molecule has 0 aliphatic rings. The summed E-state index contributed by atoms with van der Waals surface area (Å²) in [7, 11) is 0. The van der Waals surface area contributed by atoms with Gasteiger partial charge < -0.3 is 4.74 Å². The molecule has 172 valence electrons. The van der Waals surface area contributed by atoms with Crippen LogP contribution in [0.3, 0.4) is 0 Å². The lowest BCUT2D eigenvalue weighted by Gasteiger charge is -2.01. The third-order valence-electron chi connectivity index (χ3n) is 4.20. The molecule has 0 aliphatic carbocycles. The number of esters is 1. The summed E-state index contributed by atoms with van der Waals surface area (Å²) in [5.41, 5.74) is 4.91. The Morgan fingerprint density at radius 1 is 0.788 bits per heavy atom. The van der Waals surface area contributed by atoms with E-state index in [1.807, 2.05) is 61.5 Å². The first-order valence-electron chi connectivity index (χ1n) is 10.5. The SMILES string of the molecule is C=C.C=C(/C=C\C)C(=C)/C=C\C(=C)C(=O)OCC.CC(=O)c1ccc(-c2ccccc2)cc1. The average molecular weight is 443 g/mol. The zero-order valence-electron chi connectivity index (χ0n) is 20.0. The van der Waals surface area contributed by atoms with Gasteiger partial charge in [-0.2, -0.15) is 0 Å². The van der Waals surface area contributed by atoms with Crippen molar-refractivity contribution in [1.29, 1.82) is 0 Å². The number of benzene rings is 2. The topological polar surface area (TPSA) is 43.4 Å². The maximum absolute atomic E-state index is 11.2. The molecule has 3 heteroatoms. The number of Topliss-reactive ketones (excluding diaryl/α,β-unsaturated/α-hetero) is 1. The Labute approximate surface area is 198 Å². The maximum Gasteiger partial charge on any atom is 0.337 e. The molecule has 0 heterocycles. The summed E-state index contributed by atoms with van der Waals surface area (Å²) in [5.74, 6) is -0.308. The Morgan fingerprint density at radius 2 is 1.27 bits per heavy atom. The predicted octanol–water partition coefficient (Wildman–Crippen LogP) is 7.71. The van der Waals surface area contributed by atoms with Crippen LogP contribution in [0.2, 0.25) is 0 Å². The fourth-order valence-corrected chi connectivity index (χ4v) is 2.44. The van der Waals surface area contributed by atoms with Gasteiger partial charge in [0, 0.05) is 5.56 Å². The van der Waals surface area contributed by atoms with Crippen LogP contribution in [0.1, 0.15) is 31.1 Å². The number of carbonyl (C=O) groups excluding carboxylic acids is 2. The monoisotopic (exact) mass is 442 g/mol. The van der Waals surface area contributed by atoms with Crippen LogP contribution in [-0.2, 0) is 9.53 Å². The molecule has 0 saturated carbocycles. The second-order valence-electron chi connectivity index (χ2n) is 6.63. The molecule has 0 bridgehead atoms. The van der Waals surface area contributed by atoms with Gasteiger partial charge in [0.05, 0.1) is 12.2 Å². The highest BCUT2D eigenvalue weighted by atomic mass is 16.5. The summed E-state index contributed by atoms with van der Waals surface area (Å²) in [4.78, 5) is 22.3. The lowest BCUT2D eigenvalue weighted by molar-refractivity contribution is -0.138. The molecule has 0 radical (unpaired) electrons. The molecule has 3 nitrogen and oxygen atoms in total. The van der Waals surface area contributed by atoms with Crippen molar-refractivity contribution in [2.24, 2.45) is 0 Å². The number of allylic oxidation sites excluding steroid dienone is 5. The largest absolute Gasteiger partial charge is 0.462 e. The first-order chi connectivity index (χ1) is 15.8. The molecular formula is C30H34O3. The first kappa shape index (κ1) is 29.0. The van der Waals surface area contributed by atoms with E-state index in [1.54, 1.807) is 26.0 Å². The summed E-state index contributed by atoms with van der Waals surface area (Å²) in [6, 6.07) is 17.8. The van der Waals surface area contributed by atoms with E-state index in [2.05, 4.69) is 45.0 Å². The van der Waals surface area contributed by atoms with Crippen LogP contribution in [0, 0.1) is 0 Å². The molecular weight excluding hydrogens is 408 g/mol. The van der Waals surface area contributed by atoms with Crippen LogP contribution in [0.4, 0.5) is 0 Å². The second kappa shape index (κ2) is 16.7. The Bertz CT molecular complexity index is 991. The molecule has 0 fully saturated rings. The lowest BCUT2D eigenvalue weighted by Crippen LogP contribution is -2.04. The molecule has 0 N–H and O–H groups in total. The van der Waals surface area contributed by atoms with E-state index in [4.69, 9.17) is 4.74 Å². The predicted molar refractivity (Wildman–Crippen MR) is 141 cm³/mol. The van der Waals surface area contributed by atoms with E-state index in [0.717, 1.165) is 22.3 Å². The highest BCUT2D eigenvalue weighted by molar-refractivity contribution is 5.94. The van der Waals surface area contributed by atoms with Gasteiger partial charge in [-0.3, -0.25) is 4.79 Å². The minimum atomic E-state index is -0.414. The summed E-state index contributed by atoms with van der Waals surface area (Å²) >= 11 is 0. The van der Waals surface area contributed by atoms with Crippen LogP contribution in [0.5, 0.6) is 0 Å². The van der Waals surface area contributed by atoms with Crippen LogP contribution < -0.4 is 0 Å². The summed E-state index contributed by atoms with van der Waals surface area (Å²) in [6.45, 7) is 22.8. The zero-order chi connectivity index (χ0) is 25.2. The maximum atomic E-state index is 11.2. The Morgan fingerprint density at radius 3 is 1.76 bits per heavy atom.